The van der Waals surface area contributed by atoms with Crippen LogP contribution in [0.25, 0.3) is 0 Å². The molecule has 0 saturated carbocycles. The summed E-state index contributed by atoms with van der Waals surface area (Å²) in [7, 11) is 0. The third-order valence-electron chi connectivity index (χ3n) is 3.92. The summed E-state index contributed by atoms with van der Waals surface area (Å²) in [5.41, 5.74) is 1.71. The van der Waals surface area contributed by atoms with Gasteiger partial charge in [0.15, 0.2) is 0 Å². The molecule has 0 radical (unpaired) electrons. The summed E-state index contributed by atoms with van der Waals surface area (Å²) in [5.74, 6) is 2.24. The van der Waals surface area contributed by atoms with Crippen molar-refractivity contribution in [2.45, 2.75) is 32.7 Å². The molecule has 0 unspecified atom stereocenters. The molecule has 2 N–H and O–H groups in total. The van der Waals surface area contributed by atoms with Crippen LogP contribution in [0.3, 0.4) is 0 Å². The minimum atomic E-state index is -0.200. The predicted molar refractivity (Wildman–Crippen MR) is 96.0 cm³/mol. The van der Waals surface area contributed by atoms with Crippen molar-refractivity contribution in [3.8, 4) is 0 Å². The zero-order valence-electron chi connectivity index (χ0n) is 13.8. The molecule has 0 bridgehead atoms. The van der Waals surface area contributed by atoms with E-state index in [0.717, 1.165) is 42.3 Å². The quantitative estimate of drug-likeness (QED) is 0.870. The Balaban J connectivity index is 1.84. The summed E-state index contributed by atoms with van der Waals surface area (Å²) in [4.78, 5) is 25.9. The van der Waals surface area contributed by atoms with E-state index >= 15 is 0 Å². The molecule has 2 rings (SSSR count). The Kier molecular flexibility index (Phi) is 6.77. The maximum Gasteiger partial charge on any atom is 0.319 e. The first-order valence-electron chi connectivity index (χ1n) is 8.10. The Hall–Kier alpha value is -1.69. The van der Waals surface area contributed by atoms with Gasteiger partial charge in [0.2, 0.25) is 5.91 Å². The molecule has 6 heteroatoms. The van der Waals surface area contributed by atoms with Gasteiger partial charge >= 0.3 is 6.03 Å². The van der Waals surface area contributed by atoms with Crippen LogP contribution in [0.5, 0.6) is 0 Å². The lowest BCUT2D eigenvalue weighted by Crippen LogP contribution is -2.38. The second-order valence-corrected chi connectivity index (χ2v) is 7.00. The first-order valence-corrected chi connectivity index (χ1v) is 9.26. The molecule has 0 aliphatic carbocycles. The number of benzene rings is 1. The van der Waals surface area contributed by atoms with E-state index in [-0.39, 0.29) is 18.0 Å². The second-order valence-electron chi connectivity index (χ2n) is 5.77. The zero-order valence-corrected chi connectivity index (χ0v) is 14.6. The summed E-state index contributed by atoms with van der Waals surface area (Å²) >= 11 is 1.90. The third-order valence-corrected chi connectivity index (χ3v) is 4.86. The van der Waals surface area contributed by atoms with E-state index < -0.39 is 0 Å². The molecule has 23 heavy (non-hydrogen) atoms. The SMILES string of the molecule is CC[C@@H](C)NC(=O)Nc1ccc(CC(=O)N2CCSCC2)cc1. The molecule has 1 aliphatic rings. The Morgan fingerprint density at radius 3 is 2.48 bits per heavy atom. The largest absolute Gasteiger partial charge is 0.341 e. The average Bonchev–Trinajstić information content (AvgIpc) is 2.57. The number of urea groups is 1. The molecule has 1 aromatic rings. The van der Waals surface area contributed by atoms with Crippen LogP contribution >= 0.6 is 11.8 Å². The van der Waals surface area contributed by atoms with Crippen molar-refractivity contribution in [1.29, 1.82) is 0 Å². The van der Waals surface area contributed by atoms with E-state index in [9.17, 15) is 9.59 Å². The number of thioether (sulfide) groups is 1. The van der Waals surface area contributed by atoms with Crippen LogP contribution in [-0.2, 0) is 11.2 Å². The third kappa shape index (κ3) is 5.78. The van der Waals surface area contributed by atoms with Crippen molar-refractivity contribution < 1.29 is 9.59 Å². The van der Waals surface area contributed by atoms with E-state index in [1.807, 2.05) is 54.8 Å². The normalized spacial score (nSPS) is 15.8. The molecule has 1 aliphatic heterocycles. The molecule has 1 fully saturated rings. The maximum absolute atomic E-state index is 12.2. The Morgan fingerprint density at radius 2 is 1.87 bits per heavy atom. The monoisotopic (exact) mass is 335 g/mol. The number of amides is 3. The first-order chi connectivity index (χ1) is 11.1. The molecular weight excluding hydrogens is 310 g/mol. The van der Waals surface area contributed by atoms with Gasteiger partial charge in [-0.05, 0) is 31.0 Å². The van der Waals surface area contributed by atoms with E-state index in [2.05, 4.69) is 10.6 Å². The fourth-order valence-corrected chi connectivity index (χ4v) is 3.20. The molecule has 1 heterocycles. The predicted octanol–water partition coefficient (Wildman–Crippen LogP) is 2.72. The van der Waals surface area contributed by atoms with E-state index in [0.29, 0.717) is 6.42 Å². The van der Waals surface area contributed by atoms with E-state index in [1.165, 1.54) is 0 Å². The number of rotatable bonds is 5. The van der Waals surface area contributed by atoms with Gasteiger partial charge in [0.05, 0.1) is 6.42 Å². The Morgan fingerprint density at radius 1 is 1.22 bits per heavy atom. The number of carbonyl (C=O) groups is 2. The number of hydrogen-bond donors (Lipinski definition) is 2. The van der Waals surface area contributed by atoms with Crippen molar-refractivity contribution in [3.63, 3.8) is 0 Å². The fourth-order valence-electron chi connectivity index (χ4n) is 2.30. The average molecular weight is 335 g/mol. The highest BCUT2D eigenvalue weighted by Crippen LogP contribution is 2.14. The van der Waals surface area contributed by atoms with Gasteiger partial charge in [-0.2, -0.15) is 11.8 Å². The standard InChI is InChI=1S/C17H25N3O2S/c1-3-13(2)18-17(22)19-15-6-4-14(5-7-15)12-16(21)20-8-10-23-11-9-20/h4-7,13H,3,8-12H2,1-2H3,(H2,18,19,22)/t13-/m1/s1. The van der Waals surface area contributed by atoms with Crippen LogP contribution in [0.15, 0.2) is 24.3 Å². The molecule has 0 aromatic heterocycles. The molecular formula is C17H25N3O2S. The summed E-state index contributed by atoms with van der Waals surface area (Å²) in [6.45, 7) is 5.68. The van der Waals surface area contributed by atoms with Crippen molar-refractivity contribution in [2.75, 3.05) is 29.9 Å². The highest BCUT2D eigenvalue weighted by Gasteiger charge is 2.16. The number of nitrogens with zero attached hydrogens (tertiary/aromatic N) is 1. The van der Waals surface area contributed by atoms with Crippen LogP contribution in [0.2, 0.25) is 0 Å². The minimum absolute atomic E-state index is 0.148. The lowest BCUT2D eigenvalue weighted by molar-refractivity contribution is -0.130. The zero-order chi connectivity index (χ0) is 16.7. The summed E-state index contributed by atoms with van der Waals surface area (Å²) in [6, 6.07) is 7.42. The summed E-state index contributed by atoms with van der Waals surface area (Å²) < 4.78 is 0. The Bertz CT molecular complexity index is 527. The lowest BCUT2D eigenvalue weighted by Gasteiger charge is -2.26. The van der Waals surface area contributed by atoms with Crippen LogP contribution in [0.1, 0.15) is 25.8 Å². The molecule has 1 atom stereocenters. The van der Waals surface area contributed by atoms with E-state index in [1.54, 1.807) is 0 Å². The van der Waals surface area contributed by atoms with E-state index in [4.69, 9.17) is 0 Å². The van der Waals surface area contributed by atoms with Crippen molar-refractivity contribution in [1.82, 2.24) is 10.2 Å². The van der Waals surface area contributed by atoms with Gasteiger partial charge in [0, 0.05) is 36.3 Å². The first kappa shape index (κ1) is 17.7. The number of nitrogens with one attached hydrogen (secondary N) is 2. The molecule has 1 saturated heterocycles. The number of carbonyl (C=O) groups excluding carboxylic acids is 2. The second kappa shape index (κ2) is 8.82. The molecule has 3 amide bonds. The van der Waals surface area contributed by atoms with Gasteiger partial charge < -0.3 is 15.5 Å². The van der Waals surface area contributed by atoms with Crippen molar-refractivity contribution in [2.24, 2.45) is 0 Å². The molecule has 1 aromatic carbocycles. The maximum atomic E-state index is 12.2. The smallest absolute Gasteiger partial charge is 0.319 e. The summed E-state index contributed by atoms with van der Waals surface area (Å²) in [6.07, 6.45) is 1.31. The van der Waals surface area contributed by atoms with Crippen LogP contribution < -0.4 is 10.6 Å². The van der Waals surface area contributed by atoms with Gasteiger partial charge in [0.25, 0.3) is 0 Å². The van der Waals surface area contributed by atoms with Crippen molar-refractivity contribution >= 4 is 29.4 Å². The van der Waals surface area contributed by atoms with Crippen LogP contribution in [0.4, 0.5) is 10.5 Å². The molecule has 0 spiro atoms. The van der Waals surface area contributed by atoms with Gasteiger partial charge in [0.1, 0.15) is 0 Å². The minimum Gasteiger partial charge on any atom is -0.341 e. The topological polar surface area (TPSA) is 61.4 Å². The van der Waals surface area contributed by atoms with Crippen molar-refractivity contribution in [3.05, 3.63) is 29.8 Å². The number of hydrogen-bond acceptors (Lipinski definition) is 3. The van der Waals surface area contributed by atoms with Gasteiger partial charge in [-0.15, -0.1) is 0 Å². The molecule has 126 valence electrons. The Labute approximate surface area is 142 Å². The lowest BCUT2D eigenvalue weighted by atomic mass is 10.1. The van der Waals surface area contributed by atoms with Gasteiger partial charge in [-0.25, -0.2) is 4.79 Å². The summed E-state index contributed by atoms with van der Waals surface area (Å²) in [5, 5.41) is 5.66. The fraction of sp³-hybridized carbons (Fsp3) is 0.529. The number of anilines is 1. The van der Waals surface area contributed by atoms with Crippen LogP contribution in [0, 0.1) is 0 Å². The highest BCUT2D eigenvalue weighted by atomic mass is 32.2. The van der Waals surface area contributed by atoms with Gasteiger partial charge in [-0.3, -0.25) is 4.79 Å². The van der Waals surface area contributed by atoms with Gasteiger partial charge in [-0.1, -0.05) is 19.1 Å². The molecule has 5 nitrogen and oxygen atoms in total. The highest BCUT2D eigenvalue weighted by molar-refractivity contribution is 7.99. The van der Waals surface area contributed by atoms with Crippen LogP contribution in [-0.4, -0.2) is 47.5 Å².